The van der Waals surface area contributed by atoms with Crippen molar-refractivity contribution in [1.82, 2.24) is 0 Å². The van der Waals surface area contributed by atoms with Crippen LogP contribution in [-0.4, -0.2) is 42.4 Å². The molecule has 0 aromatic rings. The molecule has 8 nitrogen and oxygen atoms in total. The third-order valence-electron chi connectivity index (χ3n) is 11.1. The Hall–Kier alpha value is -1.79. The molecule has 0 bridgehead atoms. The van der Waals surface area contributed by atoms with Gasteiger partial charge < -0.3 is 14.6 Å². The van der Waals surface area contributed by atoms with Crippen LogP contribution < -0.4 is 0 Å². The van der Waals surface area contributed by atoms with E-state index in [1.54, 1.807) is 0 Å². The zero-order chi connectivity index (χ0) is 25.5. The highest BCUT2D eigenvalue weighted by Gasteiger charge is 2.66. The van der Waals surface area contributed by atoms with Crippen LogP contribution in [0.1, 0.15) is 85.5 Å². The minimum Gasteiger partial charge on any atom is -0.469 e. The standard InChI is InChI=1S/C27H43N3O5/c1-15(6-9-24(33)34-5)19-7-8-20-25-21(14-23(32)27(19,20)4)26(3)11-10-18(29-30-28)12-17(26)13-22(25)35-16(2)31/h15,17-23,25,32H,6-14H2,1-5H3/t15-,17+,18?,19-,20+,21?,22-,23+,25?,26+,27-/m1/s1. The number of rotatable bonds is 6. The van der Waals surface area contributed by atoms with E-state index in [-0.39, 0.29) is 52.7 Å². The van der Waals surface area contributed by atoms with Crippen LogP contribution >= 0.6 is 0 Å². The number of nitrogens with zero attached hydrogens (tertiary/aromatic N) is 3. The summed E-state index contributed by atoms with van der Waals surface area (Å²) in [5.41, 5.74) is 8.76. The minimum absolute atomic E-state index is 0.00194. The van der Waals surface area contributed by atoms with Crippen LogP contribution in [0.15, 0.2) is 5.11 Å². The van der Waals surface area contributed by atoms with Gasteiger partial charge in [0.05, 0.1) is 13.2 Å². The number of carbonyl (C=O) groups is 2. The van der Waals surface area contributed by atoms with Crippen molar-refractivity contribution >= 4 is 11.9 Å². The molecule has 35 heavy (non-hydrogen) atoms. The fourth-order valence-corrected chi connectivity index (χ4v) is 9.27. The van der Waals surface area contributed by atoms with Gasteiger partial charge in [0.2, 0.25) is 0 Å². The number of aliphatic hydroxyl groups excluding tert-OH is 1. The van der Waals surface area contributed by atoms with Crippen molar-refractivity contribution in [3.8, 4) is 0 Å². The smallest absolute Gasteiger partial charge is 0.305 e. The summed E-state index contributed by atoms with van der Waals surface area (Å²) in [7, 11) is 1.43. The first-order valence-electron chi connectivity index (χ1n) is 13.5. The normalized spacial score (nSPS) is 45.2. The van der Waals surface area contributed by atoms with E-state index in [9.17, 15) is 14.7 Å². The molecule has 11 atom stereocenters. The van der Waals surface area contributed by atoms with Crippen LogP contribution in [0.5, 0.6) is 0 Å². The number of aliphatic hydroxyl groups is 1. The molecule has 0 aromatic carbocycles. The lowest BCUT2D eigenvalue weighted by Gasteiger charge is -2.64. The number of hydrogen-bond donors (Lipinski definition) is 1. The van der Waals surface area contributed by atoms with Crippen molar-refractivity contribution in [3.63, 3.8) is 0 Å². The summed E-state index contributed by atoms with van der Waals surface area (Å²) < 4.78 is 10.9. The predicted molar refractivity (Wildman–Crippen MR) is 131 cm³/mol. The van der Waals surface area contributed by atoms with Gasteiger partial charge in [-0.1, -0.05) is 25.9 Å². The Morgan fingerprint density at radius 3 is 2.57 bits per heavy atom. The molecule has 0 amide bonds. The van der Waals surface area contributed by atoms with Gasteiger partial charge in [0.1, 0.15) is 6.10 Å². The zero-order valence-corrected chi connectivity index (χ0v) is 22.0. The molecule has 4 rings (SSSR count). The van der Waals surface area contributed by atoms with Crippen LogP contribution in [-0.2, 0) is 19.1 Å². The molecular weight excluding hydrogens is 446 g/mol. The Kier molecular flexibility index (Phi) is 7.46. The molecule has 4 fully saturated rings. The molecule has 8 heteroatoms. The maximum absolute atomic E-state index is 12.2. The maximum Gasteiger partial charge on any atom is 0.305 e. The second-order valence-electron chi connectivity index (χ2n) is 12.4. The summed E-state index contributed by atoms with van der Waals surface area (Å²) >= 11 is 0. The maximum atomic E-state index is 12.2. The molecule has 1 N–H and O–H groups in total. The highest BCUT2D eigenvalue weighted by atomic mass is 16.5. The molecule has 0 radical (unpaired) electrons. The third-order valence-corrected chi connectivity index (χ3v) is 11.1. The van der Waals surface area contributed by atoms with E-state index in [0.29, 0.717) is 24.2 Å². The molecule has 0 saturated heterocycles. The Morgan fingerprint density at radius 1 is 1.17 bits per heavy atom. The molecule has 4 aliphatic carbocycles. The Bertz CT molecular complexity index is 875. The molecule has 0 spiro atoms. The van der Waals surface area contributed by atoms with Gasteiger partial charge in [0.25, 0.3) is 0 Å². The van der Waals surface area contributed by atoms with E-state index in [1.807, 2.05) is 0 Å². The van der Waals surface area contributed by atoms with Crippen LogP contribution in [0.4, 0.5) is 0 Å². The summed E-state index contributed by atoms with van der Waals surface area (Å²) in [5, 5.41) is 15.8. The van der Waals surface area contributed by atoms with Crippen LogP contribution in [0, 0.1) is 46.3 Å². The number of methoxy groups -OCH3 is 1. The largest absolute Gasteiger partial charge is 0.469 e. The first-order chi connectivity index (χ1) is 16.6. The van der Waals surface area contributed by atoms with Crippen molar-refractivity contribution in [2.45, 2.75) is 104 Å². The lowest BCUT2D eigenvalue weighted by atomic mass is 9.43. The lowest BCUT2D eigenvalue weighted by molar-refractivity contribution is -0.212. The molecular formula is C27H43N3O5. The fraction of sp³-hybridized carbons (Fsp3) is 0.926. The predicted octanol–water partition coefficient (Wildman–Crippen LogP) is 5.43. The molecule has 4 saturated carbocycles. The number of ether oxygens (including phenoxy) is 2. The Balaban J connectivity index is 1.64. The third kappa shape index (κ3) is 4.46. The van der Waals surface area contributed by atoms with Crippen molar-refractivity contribution < 1.29 is 24.2 Å². The van der Waals surface area contributed by atoms with Gasteiger partial charge in [-0.2, -0.15) is 0 Å². The van der Waals surface area contributed by atoms with Gasteiger partial charge in [0, 0.05) is 30.2 Å². The average Bonchev–Trinajstić information content (AvgIpc) is 3.17. The number of azide groups is 1. The van der Waals surface area contributed by atoms with Gasteiger partial charge in [-0.15, -0.1) is 0 Å². The quantitative estimate of drug-likeness (QED) is 0.231. The summed E-state index contributed by atoms with van der Waals surface area (Å²) in [4.78, 5) is 27.0. The zero-order valence-electron chi connectivity index (χ0n) is 22.0. The second-order valence-corrected chi connectivity index (χ2v) is 12.4. The highest BCUT2D eigenvalue weighted by molar-refractivity contribution is 5.69. The molecule has 0 heterocycles. The Morgan fingerprint density at radius 2 is 1.91 bits per heavy atom. The summed E-state index contributed by atoms with van der Waals surface area (Å²) in [6, 6.07) is -0.00194. The average molecular weight is 490 g/mol. The first kappa shape index (κ1) is 26.3. The van der Waals surface area contributed by atoms with E-state index in [1.165, 1.54) is 14.0 Å². The van der Waals surface area contributed by atoms with Gasteiger partial charge in [-0.25, -0.2) is 0 Å². The van der Waals surface area contributed by atoms with Gasteiger partial charge >= 0.3 is 11.9 Å². The van der Waals surface area contributed by atoms with E-state index in [2.05, 4.69) is 30.8 Å². The minimum atomic E-state index is -0.426. The lowest BCUT2D eigenvalue weighted by Crippen LogP contribution is -2.62. The summed E-state index contributed by atoms with van der Waals surface area (Å²) in [6.07, 6.45) is 6.81. The van der Waals surface area contributed by atoms with Gasteiger partial charge in [0.15, 0.2) is 0 Å². The van der Waals surface area contributed by atoms with Crippen LogP contribution in [0.3, 0.4) is 0 Å². The van der Waals surface area contributed by atoms with Gasteiger partial charge in [-0.05, 0) is 97.3 Å². The second kappa shape index (κ2) is 9.93. The number of fused-ring (bicyclic) bond motifs is 5. The molecule has 4 aliphatic rings. The van der Waals surface area contributed by atoms with Crippen molar-refractivity contribution in [2.75, 3.05) is 7.11 Å². The number of esters is 2. The topological polar surface area (TPSA) is 122 Å². The molecule has 0 aliphatic heterocycles. The summed E-state index contributed by atoms with van der Waals surface area (Å²) in [6.45, 7) is 8.32. The fourth-order valence-electron chi connectivity index (χ4n) is 9.27. The summed E-state index contributed by atoms with van der Waals surface area (Å²) in [5.74, 6) is 1.28. The molecule has 3 unspecified atom stereocenters. The van der Waals surface area contributed by atoms with Gasteiger partial charge in [-0.3, -0.25) is 9.59 Å². The van der Waals surface area contributed by atoms with E-state index < -0.39 is 6.10 Å². The number of hydrogen-bond acceptors (Lipinski definition) is 6. The SMILES string of the molecule is COC(=O)CC[C@@H](C)[C@H]1CC[C@H]2C3C(C[C@H](O)[C@]12C)[C@@]1(C)CCC(N=[N+]=[N-])C[C@H]1C[C@H]3OC(C)=O. The molecule has 0 aromatic heterocycles. The van der Waals surface area contributed by atoms with Crippen molar-refractivity contribution in [2.24, 2.45) is 51.5 Å². The van der Waals surface area contributed by atoms with Crippen molar-refractivity contribution in [3.05, 3.63) is 10.4 Å². The van der Waals surface area contributed by atoms with Crippen LogP contribution in [0.2, 0.25) is 0 Å². The van der Waals surface area contributed by atoms with E-state index in [0.717, 1.165) is 51.4 Å². The first-order valence-corrected chi connectivity index (χ1v) is 13.5. The highest BCUT2D eigenvalue weighted by Crippen LogP contribution is 2.68. The number of carbonyl (C=O) groups excluding carboxylic acids is 2. The van der Waals surface area contributed by atoms with E-state index in [4.69, 9.17) is 15.0 Å². The Labute approximate surface area is 209 Å². The van der Waals surface area contributed by atoms with E-state index >= 15 is 0 Å². The molecule has 196 valence electrons. The van der Waals surface area contributed by atoms with Crippen molar-refractivity contribution in [1.29, 1.82) is 0 Å². The monoisotopic (exact) mass is 489 g/mol. The van der Waals surface area contributed by atoms with Crippen LogP contribution in [0.25, 0.3) is 10.4 Å².